The molecule has 0 spiro atoms. The van der Waals surface area contributed by atoms with E-state index in [0.717, 1.165) is 6.07 Å². The Labute approximate surface area is 175 Å². The fraction of sp³-hybridized carbons (Fsp3) is 0.263. The number of hydrogen-bond donors (Lipinski definition) is 0. The van der Waals surface area contributed by atoms with Gasteiger partial charge in [0.15, 0.2) is 0 Å². The van der Waals surface area contributed by atoms with Gasteiger partial charge in [-0.25, -0.2) is 14.0 Å². The lowest BCUT2D eigenvalue weighted by molar-refractivity contribution is -0.169. The SMILES string of the molecule is CCOC(=O)C1(C(=O)OCC)Oc2c(cc(F)cc2-c2c(Cl)cccc2Cl)S1. The van der Waals surface area contributed by atoms with Crippen LogP contribution in [-0.2, 0) is 19.1 Å². The Morgan fingerprint density at radius 2 is 1.68 bits per heavy atom. The summed E-state index contributed by atoms with van der Waals surface area (Å²) in [5.74, 6) is -2.38. The van der Waals surface area contributed by atoms with E-state index in [9.17, 15) is 14.0 Å². The molecule has 0 aromatic heterocycles. The van der Waals surface area contributed by atoms with Crippen molar-refractivity contribution in [2.45, 2.75) is 23.7 Å². The zero-order valence-corrected chi connectivity index (χ0v) is 17.2. The largest absolute Gasteiger partial charge is 0.462 e. The second-order valence-corrected chi connectivity index (χ2v) is 7.67. The van der Waals surface area contributed by atoms with Crippen LogP contribution in [0.2, 0.25) is 10.0 Å². The summed E-state index contributed by atoms with van der Waals surface area (Å²) in [6.07, 6.45) is 0. The molecule has 1 aliphatic rings. The second kappa shape index (κ2) is 8.19. The van der Waals surface area contributed by atoms with Gasteiger partial charge < -0.3 is 14.2 Å². The average molecular weight is 445 g/mol. The number of hydrogen-bond acceptors (Lipinski definition) is 6. The molecule has 0 saturated carbocycles. The molecule has 0 saturated heterocycles. The first-order valence-corrected chi connectivity index (χ1v) is 9.91. The normalized spacial score (nSPS) is 14.2. The standard InChI is InChI=1S/C19H15Cl2FO5S/c1-3-25-17(23)19(18(24)26-4-2)27-16-11(8-10(22)9-14(16)28-19)15-12(20)6-5-7-13(15)21/h5-9H,3-4H2,1-2H3. The van der Waals surface area contributed by atoms with Crippen molar-refractivity contribution in [3.63, 3.8) is 0 Å². The molecular weight excluding hydrogens is 430 g/mol. The third-order valence-corrected chi connectivity index (χ3v) is 5.70. The van der Waals surface area contributed by atoms with Crippen LogP contribution in [0.15, 0.2) is 35.2 Å². The Morgan fingerprint density at radius 1 is 1.11 bits per heavy atom. The van der Waals surface area contributed by atoms with Crippen LogP contribution in [0.1, 0.15) is 13.8 Å². The minimum absolute atomic E-state index is 0.0256. The molecule has 0 atom stereocenters. The van der Waals surface area contributed by atoms with Crippen LogP contribution in [0, 0.1) is 5.82 Å². The van der Waals surface area contributed by atoms with Gasteiger partial charge in [0, 0.05) is 11.1 Å². The number of ether oxygens (including phenoxy) is 3. The average Bonchev–Trinajstić information content (AvgIpc) is 3.02. The van der Waals surface area contributed by atoms with Gasteiger partial charge in [-0.2, -0.15) is 0 Å². The van der Waals surface area contributed by atoms with E-state index in [2.05, 4.69) is 0 Å². The first-order chi connectivity index (χ1) is 13.3. The summed E-state index contributed by atoms with van der Waals surface area (Å²) in [6.45, 7) is 3.24. The van der Waals surface area contributed by atoms with E-state index in [1.165, 1.54) is 6.07 Å². The quantitative estimate of drug-likeness (QED) is 0.471. The summed E-state index contributed by atoms with van der Waals surface area (Å²) in [7, 11) is 0. The summed E-state index contributed by atoms with van der Waals surface area (Å²) in [4.78, 5) is 23.3. The zero-order valence-electron chi connectivity index (χ0n) is 14.9. The second-order valence-electron chi connectivity index (χ2n) is 5.64. The fourth-order valence-electron chi connectivity index (χ4n) is 2.71. The van der Waals surface area contributed by atoms with Crippen molar-refractivity contribution < 1.29 is 28.2 Å². The van der Waals surface area contributed by atoms with Crippen LogP contribution >= 0.6 is 35.0 Å². The van der Waals surface area contributed by atoms with Crippen molar-refractivity contribution >= 4 is 46.9 Å². The van der Waals surface area contributed by atoms with Gasteiger partial charge in [-0.3, -0.25) is 0 Å². The highest BCUT2D eigenvalue weighted by atomic mass is 35.5. The third-order valence-electron chi connectivity index (χ3n) is 3.84. The predicted octanol–water partition coefficient (Wildman–Crippen LogP) is 5.11. The highest BCUT2D eigenvalue weighted by Gasteiger charge is 2.58. The highest BCUT2D eigenvalue weighted by molar-refractivity contribution is 8.02. The van der Waals surface area contributed by atoms with E-state index in [0.29, 0.717) is 17.3 Å². The summed E-state index contributed by atoms with van der Waals surface area (Å²) in [6, 6.07) is 7.16. The molecular formula is C19H15Cl2FO5S. The Kier molecular flexibility index (Phi) is 6.07. The topological polar surface area (TPSA) is 61.8 Å². The first kappa shape index (κ1) is 20.8. The molecule has 0 unspecified atom stereocenters. The maximum absolute atomic E-state index is 14.3. The molecule has 148 valence electrons. The number of thioether (sulfide) groups is 1. The van der Waals surface area contributed by atoms with Crippen molar-refractivity contribution in [2.24, 2.45) is 0 Å². The lowest BCUT2D eigenvalue weighted by Crippen LogP contribution is -2.49. The number of carbonyl (C=O) groups excluding carboxylic acids is 2. The van der Waals surface area contributed by atoms with Crippen LogP contribution in [0.25, 0.3) is 11.1 Å². The van der Waals surface area contributed by atoms with E-state index >= 15 is 0 Å². The van der Waals surface area contributed by atoms with E-state index in [4.69, 9.17) is 37.4 Å². The number of fused-ring (bicyclic) bond motifs is 1. The summed E-state index contributed by atoms with van der Waals surface area (Å²) in [5, 5.41) is 0.525. The summed E-state index contributed by atoms with van der Waals surface area (Å²) >= 11 is 13.2. The number of carbonyl (C=O) groups is 2. The summed E-state index contributed by atoms with van der Waals surface area (Å²) in [5.41, 5.74) is 0.541. The predicted molar refractivity (Wildman–Crippen MR) is 104 cm³/mol. The fourth-order valence-corrected chi connectivity index (χ4v) is 4.45. The monoisotopic (exact) mass is 444 g/mol. The van der Waals surface area contributed by atoms with E-state index in [1.807, 2.05) is 0 Å². The van der Waals surface area contributed by atoms with Crippen LogP contribution in [-0.4, -0.2) is 30.1 Å². The van der Waals surface area contributed by atoms with Crippen molar-refractivity contribution in [3.05, 3.63) is 46.2 Å². The molecule has 1 aliphatic heterocycles. The number of halogens is 3. The minimum Gasteiger partial charge on any atom is -0.462 e. The Morgan fingerprint density at radius 3 is 2.21 bits per heavy atom. The molecule has 0 fully saturated rings. The van der Waals surface area contributed by atoms with Crippen molar-refractivity contribution in [1.29, 1.82) is 0 Å². The molecule has 3 rings (SSSR count). The van der Waals surface area contributed by atoms with Crippen LogP contribution in [0.3, 0.4) is 0 Å². The van der Waals surface area contributed by atoms with Crippen molar-refractivity contribution in [3.8, 4) is 16.9 Å². The highest BCUT2D eigenvalue weighted by Crippen LogP contribution is 2.54. The van der Waals surface area contributed by atoms with Gasteiger partial charge in [-0.15, -0.1) is 0 Å². The molecule has 2 aromatic rings. The van der Waals surface area contributed by atoms with Gasteiger partial charge >= 0.3 is 16.9 Å². The molecule has 0 amide bonds. The van der Waals surface area contributed by atoms with Gasteiger partial charge in [0.05, 0.1) is 28.2 Å². The maximum Gasteiger partial charge on any atom is 0.374 e. The summed E-state index contributed by atoms with van der Waals surface area (Å²) < 4.78 is 30.2. The van der Waals surface area contributed by atoms with E-state index in [1.54, 1.807) is 32.0 Å². The van der Waals surface area contributed by atoms with Crippen molar-refractivity contribution in [1.82, 2.24) is 0 Å². The van der Waals surface area contributed by atoms with Crippen LogP contribution in [0.4, 0.5) is 4.39 Å². The third kappa shape index (κ3) is 3.54. The number of rotatable bonds is 5. The van der Waals surface area contributed by atoms with Gasteiger partial charge in [0.25, 0.3) is 0 Å². The molecule has 1 heterocycles. The van der Waals surface area contributed by atoms with Gasteiger partial charge in [0.1, 0.15) is 11.6 Å². The maximum atomic E-state index is 14.3. The van der Waals surface area contributed by atoms with Gasteiger partial charge in [-0.1, -0.05) is 41.0 Å². The van der Waals surface area contributed by atoms with Gasteiger partial charge in [-0.05, 0) is 38.1 Å². The molecule has 0 bridgehead atoms. The lowest BCUT2D eigenvalue weighted by atomic mass is 10.0. The Bertz CT molecular complexity index is 912. The Balaban J connectivity index is 2.18. The first-order valence-electron chi connectivity index (χ1n) is 8.34. The lowest BCUT2D eigenvalue weighted by Gasteiger charge is -2.23. The van der Waals surface area contributed by atoms with Crippen molar-refractivity contribution in [2.75, 3.05) is 13.2 Å². The van der Waals surface area contributed by atoms with Gasteiger partial charge in [0.2, 0.25) is 0 Å². The van der Waals surface area contributed by atoms with E-state index in [-0.39, 0.29) is 39.5 Å². The minimum atomic E-state index is -2.13. The van der Waals surface area contributed by atoms with E-state index < -0.39 is 22.7 Å². The molecule has 0 aliphatic carbocycles. The smallest absolute Gasteiger partial charge is 0.374 e. The zero-order chi connectivity index (χ0) is 20.5. The molecule has 0 N–H and O–H groups in total. The molecule has 5 nitrogen and oxygen atoms in total. The molecule has 28 heavy (non-hydrogen) atoms. The van der Waals surface area contributed by atoms with Crippen LogP contribution in [0.5, 0.6) is 5.75 Å². The molecule has 0 radical (unpaired) electrons. The Hall–Kier alpha value is -1.96. The molecule has 9 heteroatoms. The molecule has 2 aromatic carbocycles. The number of benzene rings is 2. The van der Waals surface area contributed by atoms with Crippen LogP contribution < -0.4 is 4.74 Å². The number of esters is 2.